The molecule has 0 spiro atoms. The number of aromatic nitrogens is 12. The summed E-state index contributed by atoms with van der Waals surface area (Å²) in [6.07, 6.45) is -9.77. The van der Waals surface area contributed by atoms with E-state index in [-0.39, 0.29) is 91.1 Å². The van der Waals surface area contributed by atoms with Gasteiger partial charge in [-0.2, -0.15) is 87.4 Å². The number of esters is 2. The SMILES string of the molecule is CCOC(=O)C1CCC(O)CC1.CCOC(=O)C1CCC(n2c(C(F)(F)F)nc3ccccc32)CC1.CS(=O)(=O)OCC1CCC(n2c(C(F)(F)F)nc3ccccc32)CC1.FC(F)(F)c1nc2ccccc2[nH]1.NCC1CCC(n2c(C(F)(F)F)nc3ccccc32)CC1.OCC1CCC(n2c(C(F)(F)F)nc3ccccc32)CC1.[N-]=[N+]=NCC1CCC(n2c(C(F)(F)F)nc3ccccc32)CC1. The highest BCUT2D eigenvalue weighted by Crippen LogP contribution is 2.47. The van der Waals surface area contributed by atoms with Gasteiger partial charge in [0, 0.05) is 48.3 Å². The van der Waals surface area contributed by atoms with Crippen LogP contribution in [0.1, 0.15) is 233 Å². The normalized spacial score (nSPS) is 22.3. The number of carbonyl (C=O) groups excluding carboxylic acids is 2. The van der Waals surface area contributed by atoms with E-state index in [0.717, 1.165) is 83.3 Å². The molecule has 18 rings (SSSR count). The van der Waals surface area contributed by atoms with Gasteiger partial charge in [-0.3, -0.25) is 13.8 Å². The van der Waals surface area contributed by atoms with Gasteiger partial charge in [-0.25, -0.2) is 29.9 Å². The largest absolute Gasteiger partial charge is 0.466 e. The van der Waals surface area contributed by atoms with Gasteiger partial charge in [-0.15, -0.1) is 0 Å². The molecule has 25 nitrogen and oxygen atoms in total. The number of aliphatic hydroxyl groups excluding tert-OH is 2. The van der Waals surface area contributed by atoms with E-state index in [4.69, 9.17) is 30.0 Å². The molecule has 6 aromatic carbocycles. The Kier molecular flexibility index (Phi) is 35.8. The van der Waals surface area contributed by atoms with Crippen LogP contribution in [0.5, 0.6) is 0 Å². The number of para-hydroxylation sites is 12. The maximum atomic E-state index is 13.4. The van der Waals surface area contributed by atoms with Crippen LogP contribution >= 0.6 is 0 Å². The first-order valence-corrected chi connectivity index (χ1v) is 48.1. The molecular formula is C95H110F18N16O9S. The molecule has 0 bridgehead atoms. The van der Waals surface area contributed by atoms with Crippen molar-refractivity contribution in [3.05, 3.63) is 191 Å². The van der Waals surface area contributed by atoms with E-state index >= 15 is 0 Å². The van der Waals surface area contributed by atoms with Gasteiger partial charge in [0.2, 0.25) is 34.9 Å². The zero-order chi connectivity index (χ0) is 101. The Morgan fingerprint density at radius 3 is 0.950 bits per heavy atom. The van der Waals surface area contributed by atoms with Gasteiger partial charge in [-0.05, 0) is 276 Å². The first-order chi connectivity index (χ1) is 65.9. The molecule has 6 saturated carbocycles. The van der Waals surface area contributed by atoms with Crippen molar-refractivity contribution in [3.8, 4) is 0 Å². The lowest BCUT2D eigenvalue weighted by molar-refractivity contribution is -0.151. The van der Waals surface area contributed by atoms with Crippen LogP contribution in [0.4, 0.5) is 79.0 Å². The summed E-state index contributed by atoms with van der Waals surface area (Å²) < 4.78 is 280. The lowest BCUT2D eigenvalue weighted by Gasteiger charge is -2.30. The smallest absolute Gasteiger partial charge is 0.449 e. The van der Waals surface area contributed by atoms with Crippen molar-refractivity contribution in [2.75, 3.05) is 45.8 Å². The van der Waals surface area contributed by atoms with E-state index in [9.17, 15) is 102 Å². The van der Waals surface area contributed by atoms with Crippen molar-refractivity contribution >= 4 is 88.3 Å². The van der Waals surface area contributed by atoms with E-state index in [1.807, 2.05) is 6.92 Å². The second-order valence-corrected chi connectivity index (χ2v) is 37.2. The van der Waals surface area contributed by atoms with Crippen LogP contribution in [0.25, 0.3) is 76.6 Å². The molecule has 6 aromatic heterocycles. The number of halogens is 18. The standard InChI is InChI=1S/C17H19F3N2O2.C16H19F3N2O3S.C15H16F3N5.C15H18F3N3.C15H17F3N2O.C9H16O3.C8H5F3N2/c1-2-24-15(23)11-7-9-12(10-8-11)22-14-6-4-3-5-13(14)21-16(22)17(18,19)20;1-25(22,23)24-10-11-6-8-12(9-7-11)21-14-5-3-2-4-13(14)20-15(21)16(17,18)19;16-15(17,18)14-21-12-3-1-2-4-13(12)23(14)11-7-5-10(6-8-11)9-20-22-19;16-15(17,18)14-20-12-3-1-2-4-13(12)21(14)11-7-5-10(9-19)6-8-11;16-15(17,18)14-19-12-3-1-2-4-13(12)20(14)11-7-5-10(9-21)6-8-11;1-2-12-9(11)7-3-5-8(10)6-4-7;9-8(10,11)7-12-5-3-1-2-4-6(5)13-7/h3-6,11-12H,2,7-10H2,1H3;2-5,11-12H,6-10H2,1H3;1-4,10-11H,5-9H2;1-4,10-11H,5-9,19H2;1-4,10-11,21H,5-9H2;7-8,10H,2-6H2,1H3;1-4H,(H,12,13). The monoisotopic (exact) mass is 1990 g/mol. The number of aromatic amines is 1. The highest BCUT2D eigenvalue weighted by atomic mass is 32.2. The summed E-state index contributed by atoms with van der Waals surface area (Å²) in [6, 6.07) is 38.7. The van der Waals surface area contributed by atoms with Crippen molar-refractivity contribution in [1.29, 1.82) is 0 Å². The van der Waals surface area contributed by atoms with Crippen LogP contribution < -0.4 is 5.73 Å². The van der Waals surface area contributed by atoms with E-state index in [0.29, 0.717) is 175 Å². The number of imidazole rings is 6. The van der Waals surface area contributed by atoms with Gasteiger partial charge in [-0.1, -0.05) is 77.9 Å². The van der Waals surface area contributed by atoms with E-state index in [1.165, 1.54) is 28.9 Å². The molecule has 0 radical (unpaired) electrons. The number of aliphatic hydroxyl groups is 2. The number of nitrogens with zero attached hydrogens (tertiary/aromatic N) is 14. The number of benzene rings is 6. The van der Waals surface area contributed by atoms with Crippen molar-refractivity contribution in [3.63, 3.8) is 0 Å². The molecule has 0 unspecified atom stereocenters. The number of hydrogen-bond acceptors (Lipinski definition) is 17. The lowest BCUT2D eigenvalue weighted by atomic mass is 9.86. The second kappa shape index (κ2) is 46.6. The summed E-state index contributed by atoms with van der Waals surface area (Å²) in [7, 11) is -3.50. The maximum Gasteiger partial charge on any atom is 0.449 e. The zero-order valence-electron chi connectivity index (χ0n) is 76.3. The van der Waals surface area contributed by atoms with E-state index in [2.05, 4.69) is 44.9 Å². The molecule has 6 fully saturated rings. The maximum absolute atomic E-state index is 13.4. The molecule has 6 aliphatic rings. The zero-order valence-corrected chi connectivity index (χ0v) is 77.1. The molecule has 6 aliphatic carbocycles. The predicted molar refractivity (Wildman–Crippen MR) is 482 cm³/mol. The van der Waals surface area contributed by atoms with E-state index in [1.54, 1.807) is 146 Å². The van der Waals surface area contributed by atoms with Crippen molar-refractivity contribution in [1.82, 2.24) is 57.7 Å². The third-order valence-corrected chi connectivity index (χ3v) is 26.7. The Balaban J connectivity index is 0.000000147. The molecule has 12 aromatic rings. The Bertz CT molecular complexity index is 6040. The number of fused-ring (bicyclic) bond motifs is 6. The fourth-order valence-corrected chi connectivity index (χ4v) is 19.8. The van der Waals surface area contributed by atoms with Gasteiger partial charge in [0.15, 0.2) is 0 Å². The van der Waals surface area contributed by atoms with Crippen LogP contribution in [0.2, 0.25) is 0 Å². The molecule has 0 aliphatic heterocycles. The lowest BCUT2D eigenvalue weighted by Crippen LogP contribution is -2.27. The second-order valence-electron chi connectivity index (χ2n) is 35.6. The Morgan fingerprint density at radius 1 is 0.403 bits per heavy atom. The number of nitrogens with one attached hydrogen (secondary N) is 1. The minimum Gasteiger partial charge on any atom is -0.466 e. The van der Waals surface area contributed by atoms with Crippen LogP contribution in [0.15, 0.2) is 151 Å². The Hall–Kier alpha value is -11.1. The Labute approximate surface area is 787 Å². The number of carbonyl (C=O) groups is 2. The minimum absolute atomic E-state index is 0.0355. The topological polar surface area (TPSA) is 329 Å². The van der Waals surface area contributed by atoms with Crippen LogP contribution in [-0.4, -0.2) is 140 Å². The van der Waals surface area contributed by atoms with Gasteiger partial charge >= 0.3 is 49.0 Å². The number of azide groups is 1. The summed E-state index contributed by atoms with van der Waals surface area (Å²) in [6.45, 7) is 5.57. The van der Waals surface area contributed by atoms with Crippen LogP contribution in [-0.2, 0) is 70.4 Å². The number of H-pyrrole nitrogens is 1. The average molecular weight is 1990 g/mol. The molecular weight excluding hydrogens is 1880 g/mol. The number of rotatable bonds is 16. The molecule has 756 valence electrons. The fourth-order valence-electron chi connectivity index (χ4n) is 19.3. The number of ether oxygens (including phenoxy) is 2. The third kappa shape index (κ3) is 27.8. The molecule has 139 heavy (non-hydrogen) atoms. The first-order valence-electron chi connectivity index (χ1n) is 46.3. The summed E-state index contributed by atoms with van der Waals surface area (Å²) in [5.74, 6) is -4.67. The molecule has 5 N–H and O–H groups in total. The summed E-state index contributed by atoms with van der Waals surface area (Å²) in [5.41, 5.74) is 19.2. The predicted octanol–water partition coefficient (Wildman–Crippen LogP) is 24.4. The van der Waals surface area contributed by atoms with Gasteiger partial charge in [0.05, 0.1) is 110 Å². The highest BCUT2D eigenvalue weighted by Gasteiger charge is 2.46. The molecule has 0 amide bonds. The fraction of sp³-hybridized carbons (Fsp3) is 0.537. The summed E-state index contributed by atoms with van der Waals surface area (Å²) in [4.78, 5) is 50.3. The van der Waals surface area contributed by atoms with Crippen LogP contribution in [0.3, 0.4) is 0 Å². The van der Waals surface area contributed by atoms with Crippen molar-refractivity contribution in [2.24, 2.45) is 46.4 Å². The summed E-state index contributed by atoms with van der Waals surface area (Å²) in [5, 5.41) is 21.9. The van der Waals surface area contributed by atoms with Crippen molar-refractivity contribution < 1.29 is 121 Å². The van der Waals surface area contributed by atoms with Crippen LogP contribution in [0, 0.1) is 35.5 Å². The Morgan fingerprint density at radius 2 is 0.676 bits per heavy atom. The van der Waals surface area contributed by atoms with Gasteiger partial charge < -0.3 is 53.2 Å². The molecule has 0 saturated heterocycles. The number of nitrogens with two attached hydrogens (primary N) is 1. The molecule has 44 heteroatoms. The molecule has 0 atom stereocenters. The number of alkyl halides is 18. The first kappa shape index (κ1) is 107. The van der Waals surface area contributed by atoms with Gasteiger partial charge in [0.25, 0.3) is 10.1 Å². The van der Waals surface area contributed by atoms with Crippen molar-refractivity contribution in [2.45, 2.75) is 241 Å². The third-order valence-electron chi connectivity index (χ3n) is 26.1. The quantitative estimate of drug-likeness (QED) is 0.0174. The average Bonchev–Trinajstić information content (AvgIpc) is 1.64. The minimum atomic E-state index is -4.52. The van der Waals surface area contributed by atoms with E-state index < -0.39 is 82.1 Å². The number of hydrogen-bond donors (Lipinski definition) is 4. The highest BCUT2D eigenvalue weighted by molar-refractivity contribution is 7.86. The summed E-state index contributed by atoms with van der Waals surface area (Å²) >= 11 is 0. The molecule has 6 heterocycles. The van der Waals surface area contributed by atoms with Gasteiger partial charge in [0.1, 0.15) is 0 Å².